The molecule has 2 N–H and O–H groups in total. The van der Waals surface area contributed by atoms with E-state index in [4.69, 9.17) is 10.6 Å². The van der Waals surface area contributed by atoms with Crippen LogP contribution in [0.3, 0.4) is 0 Å². The van der Waals surface area contributed by atoms with E-state index in [1.165, 1.54) is 25.9 Å². The molecular weight excluding hydrogens is 202 g/mol. The van der Waals surface area contributed by atoms with Gasteiger partial charge in [-0.25, -0.2) is 4.79 Å². The molecule has 8 nitrogen and oxygen atoms in total. The van der Waals surface area contributed by atoms with Crippen molar-refractivity contribution >= 4 is 12.0 Å². The number of nitrogens with zero attached hydrogens (tertiary/aromatic N) is 4. The highest BCUT2D eigenvalue weighted by molar-refractivity contribution is 5.89. The molecule has 0 bridgehead atoms. The average molecular weight is 215 g/mol. The van der Waals surface area contributed by atoms with Crippen LogP contribution in [-0.2, 0) is 4.79 Å². The largest absolute Gasteiger partial charge is 0.465 e. The summed E-state index contributed by atoms with van der Waals surface area (Å²) in [6.45, 7) is 1.09. The van der Waals surface area contributed by atoms with Gasteiger partial charge in [-0.05, 0) is 12.5 Å². The third-order valence-corrected chi connectivity index (χ3v) is 1.71. The zero-order valence-electron chi connectivity index (χ0n) is 8.76. The van der Waals surface area contributed by atoms with Crippen LogP contribution in [-0.4, -0.2) is 48.2 Å². The quantitative estimate of drug-likeness (QED) is 0.401. The van der Waals surface area contributed by atoms with Crippen molar-refractivity contribution in [1.82, 2.24) is 10.2 Å². The topological polar surface area (TPSA) is 118 Å². The van der Waals surface area contributed by atoms with Gasteiger partial charge in [0.15, 0.2) is 0 Å². The molecule has 0 aromatic heterocycles. The van der Waals surface area contributed by atoms with Crippen LogP contribution in [0, 0.1) is 0 Å². The Bertz CT molecular complexity index is 304. The molecule has 2 amide bonds. The fourth-order valence-corrected chi connectivity index (χ4v) is 1.06. The van der Waals surface area contributed by atoms with Gasteiger partial charge in [0.1, 0.15) is 5.54 Å². The van der Waals surface area contributed by atoms with E-state index in [1.807, 2.05) is 5.32 Å². The molecule has 0 saturated heterocycles. The first-order valence-electron chi connectivity index (χ1n) is 4.07. The van der Waals surface area contributed by atoms with E-state index in [0.717, 1.165) is 0 Å². The fraction of sp³-hybridized carbons (Fsp3) is 0.714. The van der Waals surface area contributed by atoms with Crippen LogP contribution in [0.15, 0.2) is 5.11 Å². The molecule has 0 heterocycles. The second-order valence-corrected chi connectivity index (χ2v) is 3.35. The standard InChI is InChI=1S/C7H13N5O3/c1-7(4-9-11-8,10-6(14)15)5(13)12(2)3/h10H,4H2,1-3H3,(H,14,15)/t7-/m0/s1. The van der Waals surface area contributed by atoms with Gasteiger partial charge in [0, 0.05) is 19.0 Å². The number of carbonyl (C=O) groups is 2. The van der Waals surface area contributed by atoms with Gasteiger partial charge in [0.25, 0.3) is 0 Å². The monoisotopic (exact) mass is 215 g/mol. The second-order valence-electron chi connectivity index (χ2n) is 3.35. The molecule has 8 heteroatoms. The van der Waals surface area contributed by atoms with Crippen molar-refractivity contribution in [1.29, 1.82) is 0 Å². The van der Waals surface area contributed by atoms with Crippen molar-refractivity contribution in [2.75, 3.05) is 20.6 Å². The Morgan fingerprint density at radius 2 is 2.13 bits per heavy atom. The van der Waals surface area contributed by atoms with Crippen molar-refractivity contribution in [3.8, 4) is 0 Å². The molecule has 84 valence electrons. The summed E-state index contributed by atoms with van der Waals surface area (Å²) >= 11 is 0. The number of azide groups is 1. The summed E-state index contributed by atoms with van der Waals surface area (Å²) in [5.74, 6) is -0.475. The van der Waals surface area contributed by atoms with E-state index >= 15 is 0 Å². The summed E-state index contributed by atoms with van der Waals surface area (Å²) in [6, 6.07) is 0. The molecule has 0 aromatic rings. The van der Waals surface area contributed by atoms with Gasteiger partial charge >= 0.3 is 6.09 Å². The number of hydrogen-bond acceptors (Lipinski definition) is 3. The lowest BCUT2D eigenvalue weighted by atomic mass is 10.0. The predicted octanol–water partition coefficient (Wildman–Crippen LogP) is 0.411. The second kappa shape index (κ2) is 5.06. The summed E-state index contributed by atoms with van der Waals surface area (Å²) in [4.78, 5) is 25.8. The Kier molecular flexibility index (Phi) is 4.40. The first-order chi connectivity index (χ1) is 6.83. The van der Waals surface area contributed by atoms with Gasteiger partial charge in [-0.2, -0.15) is 0 Å². The molecular formula is C7H13N5O3. The van der Waals surface area contributed by atoms with E-state index in [1.54, 1.807) is 0 Å². The Balaban J connectivity index is 4.91. The maximum absolute atomic E-state index is 11.6. The maximum atomic E-state index is 11.6. The van der Waals surface area contributed by atoms with Crippen molar-refractivity contribution in [2.45, 2.75) is 12.5 Å². The lowest BCUT2D eigenvalue weighted by molar-refractivity contribution is -0.134. The van der Waals surface area contributed by atoms with Crippen molar-refractivity contribution < 1.29 is 14.7 Å². The molecule has 1 atom stereocenters. The van der Waals surface area contributed by atoms with Crippen molar-refractivity contribution in [3.05, 3.63) is 10.4 Å². The molecule has 15 heavy (non-hydrogen) atoms. The maximum Gasteiger partial charge on any atom is 0.405 e. The summed E-state index contributed by atoms with van der Waals surface area (Å²) in [5.41, 5.74) is 6.71. The summed E-state index contributed by atoms with van der Waals surface area (Å²) in [5, 5.41) is 13.8. The molecule has 0 aliphatic carbocycles. The number of carbonyl (C=O) groups excluding carboxylic acids is 1. The minimum Gasteiger partial charge on any atom is -0.465 e. The highest BCUT2D eigenvalue weighted by Gasteiger charge is 2.35. The number of rotatable bonds is 4. The minimum absolute atomic E-state index is 0.271. The van der Waals surface area contributed by atoms with Crippen molar-refractivity contribution in [3.63, 3.8) is 0 Å². The first-order valence-corrected chi connectivity index (χ1v) is 4.07. The van der Waals surface area contributed by atoms with Gasteiger partial charge in [-0.15, -0.1) is 0 Å². The summed E-state index contributed by atoms with van der Waals surface area (Å²) in [6.07, 6.45) is -1.35. The Hall–Kier alpha value is -1.95. The highest BCUT2D eigenvalue weighted by atomic mass is 16.4. The lowest BCUT2D eigenvalue weighted by Crippen LogP contribution is -2.58. The summed E-state index contributed by atoms with van der Waals surface area (Å²) in [7, 11) is 2.97. The van der Waals surface area contributed by atoms with Crippen LogP contribution in [0.2, 0.25) is 0 Å². The molecule has 0 rings (SSSR count). The van der Waals surface area contributed by atoms with Gasteiger partial charge < -0.3 is 15.3 Å². The molecule has 0 radical (unpaired) electrons. The summed E-state index contributed by atoms with van der Waals surface area (Å²) < 4.78 is 0. The normalized spacial score (nSPS) is 13.3. The fourth-order valence-electron chi connectivity index (χ4n) is 1.06. The average Bonchev–Trinajstić information content (AvgIpc) is 2.12. The number of amides is 2. The third-order valence-electron chi connectivity index (χ3n) is 1.71. The number of nitrogens with one attached hydrogen (secondary N) is 1. The van der Waals surface area contributed by atoms with Crippen LogP contribution in [0.1, 0.15) is 6.92 Å². The van der Waals surface area contributed by atoms with Crippen LogP contribution >= 0.6 is 0 Å². The van der Waals surface area contributed by atoms with E-state index < -0.39 is 17.5 Å². The van der Waals surface area contributed by atoms with Gasteiger partial charge in [-0.3, -0.25) is 4.79 Å². The van der Waals surface area contributed by atoms with Gasteiger partial charge in [0.2, 0.25) is 5.91 Å². The third kappa shape index (κ3) is 3.74. The van der Waals surface area contributed by atoms with Gasteiger partial charge in [-0.1, -0.05) is 5.11 Å². The molecule has 0 aliphatic rings. The Morgan fingerprint density at radius 3 is 2.47 bits per heavy atom. The SMILES string of the molecule is CN(C)C(=O)[C@](C)(CN=[N+]=[N-])NC(=O)O. The zero-order valence-corrected chi connectivity index (χ0v) is 8.76. The zero-order chi connectivity index (χ0) is 12.1. The molecule has 0 fully saturated rings. The number of likely N-dealkylation sites (N-methyl/N-ethyl adjacent to an activating group) is 1. The molecule has 0 saturated carbocycles. The van der Waals surface area contributed by atoms with Crippen LogP contribution < -0.4 is 5.32 Å². The van der Waals surface area contributed by atoms with E-state index in [0.29, 0.717) is 0 Å². The molecule has 0 aromatic carbocycles. The van der Waals surface area contributed by atoms with E-state index in [9.17, 15) is 9.59 Å². The molecule has 0 aliphatic heterocycles. The lowest BCUT2D eigenvalue weighted by Gasteiger charge is -2.29. The number of carboxylic acid groups (broad SMARTS) is 1. The molecule has 0 spiro atoms. The van der Waals surface area contributed by atoms with Crippen LogP contribution in [0.25, 0.3) is 10.4 Å². The highest BCUT2D eigenvalue weighted by Crippen LogP contribution is 2.08. The van der Waals surface area contributed by atoms with Crippen molar-refractivity contribution in [2.24, 2.45) is 5.11 Å². The van der Waals surface area contributed by atoms with E-state index in [-0.39, 0.29) is 6.54 Å². The Labute approximate surface area is 86.5 Å². The molecule has 0 unspecified atom stereocenters. The smallest absolute Gasteiger partial charge is 0.405 e. The number of hydrogen-bond donors (Lipinski definition) is 2. The first kappa shape index (κ1) is 13.1. The van der Waals surface area contributed by atoms with Crippen LogP contribution in [0.5, 0.6) is 0 Å². The predicted molar refractivity (Wildman–Crippen MR) is 52.3 cm³/mol. The minimum atomic E-state index is -1.43. The van der Waals surface area contributed by atoms with Crippen LogP contribution in [0.4, 0.5) is 4.79 Å². The van der Waals surface area contributed by atoms with Gasteiger partial charge in [0.05, 0.1) is 6.54 Å². The van der Waals surface area contributed by atoms with E-state index in [2.05, 4.69) is 10.0 Å². The Morgan fingerprint density at radius 1 is 1.60 bits per heavy atom.